The van der Waals surface area contributed by atoms with E-state index in [0.29, 0.717) is 22.6 Å². The highest BCUT2D eigenvalue weighted by Crippen LogP contribution is 2.18. The Morgan fingerprint density at radius 3 is 2.13 bits per heavy atom. The zero-order valence-corrected chi connectivity index (χ0v) is 16.2. The Bertz CT molecular complexity index is 1060. The van der Waals surface area contributed by atoms with Gasteiger partial charge in [-0.2, -0.15) is 0 Å². The van der Waals surface area contributed by atoms with E-state index in [0.717, 1.165) is 5.56 Å². The Morgan fingerprint density at radius 2 is 1.47 bits per heavy atom. The van der Waals surface area contributed by atoms with Gasteiger partial charge in [0.1, 0.15) is 0 Å². The van der Waals surface area contributed by atoms with E-state index < -0.39 is 4.92 Å². The molecule has 0 aliphatic carbocycles. The Balaban J connectivity index is 1.61. The summed E-state index contributed by atoms with van der Waals surface area (Å²) in [6.45, 7) is 1.89. The molecule has 2 amide bonds. The van der Waals surface area contributed by atoms with E-state index in [1.807, 2.05) is 31.2 Å². The number of nitro benzene ring substituents is 1. The molecule has 0 spiro atoms. The lowest BCUT2D eigenvalue weighted by molar-refractivity contribution is -0.384. The van der Waals surface area contributed by atoms with Crippen molar-refractivity contribution in [3.05, 3.63) is 94.0 Å². The average Bonchev–Trinajstić information content (AvgIpc) is 2.74. The zero-order chi connectivity index (χ0) is 21.5. The third-order valence-corrected chi connectivity index (χ3v) is 4.28. The first-order valence-corrected chi connectivity index (χ1v) is 9.17. The van der Waals surface area contributed by atoms with Crippen LogP contribution < -0.4 is 16.0 Å². The van der Waals surface area contributed by atoms with E-state index >= 15 is 0 Å². The molecule has 0 unspecified atom stereocenters. The number of nitro groups is 1. The Hall–Kier alpha value is -4.20. The first-order chi connectivity index (χ1) is 14.4. The lowest BCUT2D eigenvalue weighted by atomic mass is 10.1. The van der Waals surface area contributed by atoms with Crippen LogP contribution in [0, 0.1) is 17.0 Å². The Labute approximate surface area is 173 Å². The van der Waals surface area contributed by atoms with Crippen molar-refractivity contribution in [1.82, 2.24) is 0 Å². The third kappa shape index (κ3) is 5.41. The fraction of sp³-hybridized carbons (Fsp3) is 0.0909. The molecule has 0 radical (unpaired) electrons. The average molecular weight is 404 g/mol. The summed E-state index contributed by atoms with van der Waals surface area (Å²) in [7, 11) is 0. The first-order valence-electron chi connectivity index (χ1n) is 9.17. The molecule has 0 saturated carbocycles. The number of hydrogen-bond donors (Lipinski definition) is 3. The number of carbonyl (C=O) groups excluding carboxylic acids is 2. The van der Waals surface area contributed by atoms with Gasteiger partial charge in [0, 0.05) is 29.2 Å². The quantitative estimate of drug-likeness (QED) is 0.403. The number of hydrogen-bond acceptors (Lipinski definition) is 5. The predicted octanol–water partition coefficient (Wildman–Crippen LogP) is 4.21. The first kappa shape index (κ1) is 20.5. The van der Waals surface area contributed by atoms with Crippen LogP contribution >= 0.6 is 0 Å². The zero-order valence-electron chi connectivity index (χ0n) is 16.2. The minimum Gasteiger partial charge on any atom is -0.376 e. The molecule has 0 saturated heterocycles. The number of nitrogens with zero attached hydrogens (tertiary/aromatic N) is 1. The molecule has 3 aromatic carbocycles. The van der Waals surface area contributed by atoms with E-state index in [-0.39, 0.29) is 24.0 Å². The summed E-state index contributed by atoms with van der Waals surface area (Å²) in [4.78, 5) is 35.0. The van der Waals surface area contributed by atoms with E-state index in [1.165, 1.54) is 24.3 Å². The van der Waals surface area contributed by atoms with Gasteiger partial charge >= 0.3 is 0 Å². The van der Waals surface area contributed by atoms with Crippen LogP contribution in [0.15, 0.2) is 72.8 Å². The van der Waals surface area contributed by atoms with Crippen LogP contribution in [0.3, 0.4) is 0 Å². The van der Waals surface area contributed by atoms with E-state index in [4.69, 9.17) is 0 Å². The predicted molar refractivity (Wildman–Crippen MR) is 116 cm³/mol. The van der Waals surface area contributed by atoms with Gasteiger partial charge in [-0.05, 0) is 43.3 Å². The maximum absolute atomic E-state index is 12.6. The highest BCUT2D eigenvalue weighted by Gasteiger charge is 2.12. The number of benzene rings is 3. The number of non-ortho nitro benzene ring substituents is 1. The summed E-state index contributed by atoms with van der Waals surface area (Å²) in [6, 6.07) is 19.9. The molecule has 3 aromatic rings. The topological polar surface area (TPSA) is 113 Å². The van der Waals surface area contributed by atoms with Crippen molar-refractivity contribution in [3.63, 3.8) is 0 Å². The summed E-state index contributed by atoms with van der Waals surface area (Å²) < 4.78 is 0. The minimum absolute atomic E-state index is 0.0559. The number of para-hydroxylation sites is 1. The molecule has 0 aliphatic heterocycles. The molecule has 0 aromatic heterocycles. The molecule has 8 nitrogen and oxygen atoms in total. The lowest BCUT2D eigenvalue weighted by Gasteiger charge is -2.12. The van der Waals surface area contributed by atoms with Gasteiger partial charge in [-0.1, -0.05) is 29.8 Å². The SMILES string of the molecule is Cc1ccc(NC(=O)c2ccccc2NCC(=O)Nc2ccc([N+](=O)[O-])cc2)cc1. The molecular formula is C22H20N4O4. The van der Waals surface area contributed by atoms with Gasteiger partial charge in [-0.3, -0.25) is 19.7 Å². The molecule has 3 rings (SSSR count). The van der Waals surface area contributed by atoms with Gasteiger partial charge in [-0.25, -0.2) is 0 Å². The molecule has 0 bridgehead atoms. The summed E-state index contributed by atoms with van der Waals surface area (Å²) in [5.74, 6) is -0.643. The summed E-state index contributed by atoms with van der Waals surface area (Å²) in [5.41, 5.74) is 3.07. The summed E-state index contributed by atoms with van der Waals surface area (Å²) in [5, 5.41) is 19.1. The lowest BCUT2D eigenvalue weighted by Crippen LogP contribution is -2.23. The fourth-order valence-electron chi connectivity index (χ4n) is 2.72. The molecule has 30 heavy (non-hydrogen) atoms. The standard InChI is InChI=1S/C22H20N4O4/c1-15-6-8-17(9-7-15)25-22(28)19-4-2-3-5-20(19)23-14-21(27)24-16-10-12-18(13-11-16)26(29)30/h2-13,23H,14H2,1H3,(H,24,27)(H,25,28). The van der Waals surface area contributed by atoms with E-state index in [1.54, 1.807) is 24.3 Å². The van der Waals surface area contributed by atoms with Gasteiger partial charge in [0.25, 0.3) is 11.6 Å². The van der Waals surface area contributed by atoms with Gasteiger partial charge < -0.3 is 16.0 Å². The van der Waals surface area contributed by atoms with Crippen molar-refractivity contribution in [2.24, 2.45) is 0 Å². The van der Waals surface area contributed by atoms with Crippen molar-refractivity contribution in [2.75, 3.05) is 22.5 Å². The van der Waals surface area contributed by atoms with Crippen molar-refractivity contribution in [1.29, 1.82) is 0 Å². The van der Waals surface area contributed by atoms with Crippen LogP contribution in [0.2, 0.25) is 0 Å². The van der Waals surface area contributed by atoms with Crippen LogP contribution in [0.1, 0.15) is 15.9 Å². The summed E-state index contributed by atoms with van der Waals surface area (Å²) >= 11 is 0. The molecular weight excluding hydrogens is 384 g/mol. The van der Waals surface area contributed by atoms with Gasteiger partial charge in [0.05, 0.1) is 17.0 Å². The van der Waals surface area contributed by atoms with Gasteiger partial charge in [0.15, 0.2) is 0 Å². The van der Waals surface area contributed by atoms with Crippen molar-refractivity contribution in [3.8, 4) is 0 Å². The highest BCUT2D eigenvalue weighted by molar-refractivity contribution is 6.08. The smallest absolute Gasteiger partial charge is 0.269 e. The van der Waals surface area contributed by atoms with Crippen LogP contribution in [0.4, 0.5) is 22.7 Å². The number of amides is 2. The van der Waals surface area contributed by atoms with E-state index in [9.17, 15) is 19.7 Å². The van der Waals surface area contributed by atoms with Crippen LogP contribution in [0.5, 0.6) is 0 Å². The van der Waals surface area contributed by atoms with E-state index in [2.05, 4.69) is 16.0 Å². The second kappa shape index (κ2) is 9.33. The molecule has 0 heterocycles. The second-order valence-electron chi connectivity index (χ2n) is 6.57. The number of carbonyl (C=O) groups is 2. The number of anilines is 3. The van der Waals surface area contributed by atoms with Crippen molar-refractivity contribution >= 4 is 34.6 Å². The number of aryl methyl sites for hydroxylation is 1. The molecule has 0 aliphatic rings. The maximum atomic E-state index is 12.6. The Morgan fingerprint density at radius 1 is 0.867 bits per heavy atom. The minimum atomic E-state index is -0.508. The molecule has 0 atom stereocenters. The molecule has 8 heteroatoms. The van der Waals surface area contributed by atoms with Gasteiger partial charge in [0.2, 0.25) is 5.91 Å². The van der Waals surface area contributed by atoms with Crippen LogP contribution in [-0.4, -0.2) is 23.3 Å². The Kier molecular flexibility index (Phi) is 6.39. The number of rotatable bonds is 7. The molecule has 0 fully saturated rings. The number of nitrogens with one attached hydrogen (secondary N) is 3. The summed E-state index contributed by atoms with van der Waals surface area (Å²) in [6.07, 6.45) is 0. The van der Waals surface area contributed by atoms with Crippen molar-refractivity contribution < 1.29 is 14.5 Å². The highest BCUT2D eigenvalue weighted by atomic mass is 16.6. The maximum Gasteiger partial charge on any atom is 0.269 e. The fourth-order valence-corrected chi connectivity index (χ4v) is 2.72. The van der Waals surface area contributed by atoms with Crippen LogP contribution in [0.25, 0.3) is 0 Å². The van der Waals surface area contributed by atoms with Crippen molar-refractivity contribution in [2.45, 2.75) is 6.92 Å². The van der Waals surface area contributed by atoms with Gasteiger partial charge in [-0.15, -0.1) is 0 Å². The molecule has 3 N–H and O–H groups in total. The monoisotopic (exact) mass is 404 g/mol. The van der Waals surface area contributed by atoms with Crippen LogP contribution in [-0.2, 0) is 4.79 Å². The second-order valence-corrected chi connectivity index (χ2v) is 6.57. The molecule has 152 valence electrons. The normalized spacial score (nSPS) is 10.2. The third-order valence-electron chi connectivity index (χ3n) is 4.28. The largest absolute Gasteiger partial charge is 0.376 e.